The second kappa shape index (κ2) is 4.15. The summed E-state index contributed by atoms with van der Waals surface area (Å²) < 4.78 is 24.3. The van der Waals surface area contributed by atoms with Crippen LogP contribution < -0.4 is 0 Å². The molecule has 0 aromatic carbocycles. The van der Waals surface area contributed by atoms with Crippen LogP contribution >= 0.6 is 7.82 Å². The van der Waals surface area contributed by atoms with Gasteiger partial charge in [0.1, 0.15) is 6.61 Å². The van der Waals surface area contributed by atoms with E-state index >= 15 is 0 Å². The summed E-state index contributed by atoms with van der Waals surface area (Å²) in [5, 5.41) is 0. The minimum atomic E-state index is -3.57. The molecule has 1 fully saturated rings. The summed E-state index contributed by atoms with van der Waals surface area (Å²) in [5.41, 5.74) is 0. The summed E-state index contributed by atoms with van der Waals surface area (Å²) in [4.78, 5) is 8.77. The van der Waals surface area contributed by atoms with Gasteiger partial charge in [-0.25, -0.2) is 14.3 Å². The van der Waals surface area contributed by atoms with Gasteiger partial charge in [-0.3, -0.25) is 4.52 Å². The third-order valence-corrected chi connectivity index (χ3v) is 1.90. The highest BCUT2D eigenvalue weighted by molar-refractivity contribution is 7.48. The van der Waals surface area contributed by atoms with Gasteiger partial charge in [0.05, 0.1) is 13.2 Å². The second-order valence-electron chi connectivity index (χ2n) is 1.66. The Morgan fingerprint density at radius 1 is 1.55 bits per heavy atom. The van der Waals surface area contributed by atoms with Gasteiger partial charge in [0.15, 0.2) is 0 Å². The molecule has 1 rings (SSSR count). The molecule has 0 spiro atoms. The van der Waals surface area contributed by atoms with Crippen LogP contribution in [0, 0.1) is 0 Å². The van der Waals surface area contributed by atoms with Gasteiger partial charge in [0, 0.05) is 0 Å². The summed E-state index contributed by atoms with van der Waals surface area (Å²) in [5.74, 6) is 0. The van der Waals surface area contributed by atoms with E-state index in [1.807, 2.05) is 0 Å². The number of phosphoric acid groups is 1. The molecule has 1 heterocycles. The number of rotatable bonds is 3. The summed E-state index contributed by atoms with van der Waals surface area (Å²) >= 11 is 0. The Kier molecular flexibility index (Phi) is 3.45. The lowest BCUT2D eigenvalue weighted by molar-refractivity contribution is -0.299. The maximum Gasteiger partial charge on any atom is 0.529 e. The topological polar surface area (TPSA) is 63.2 Å². The standard InChI is InChI=1S/C4H9O6P/c1-2-6-9-11(5)8-4-3-7-10-11/h2-4H2,1H3. The minimum absolute atomic E-state index is 0.171. The van der Waals surface area contributed by atoms with Gasteiger partial charge in [0.25, 0.3) is 0 Å². The molecule has 0 bridgehead atoms. The van der Waals surface area contributed by atoms with Crippen molar-refractivity contribution in [3.63, 3.8) is 0 Å². The van der Waals surface area contributed by atoms with E-state index in [1.54, 1.807) is 6.92 Å². The van der Waals surface area contributed by atoms with Gasteiger partial charge in [-0.15, -0.1) is 9.35 Å². The fraction of sp³-hybridized carbons (Fsp3) is 1.00. The highest BCUT2D eigenvalue weighted by Crippen LogP contribution is 2.51. The monoisotopic (exact) mass is 184 g/mol. The third kappa shape index (κ3) is 2.86. The van der Waals surface area contributed by atoms with Gasteiger partial charge in [-0.2, -0.15) is 0 Å². The molecule has 0 radical (unpaired) electrons. The Balaban J connectivity index is 2.32. The van der Waals surface area contributed by atoms with Crippen molar-refractivity contribution in [2.45, 2.75) is 6.92 Å². The Morgan fingerprint density at radius 2 is 2.36 bits per heavy atom. The van der Waals surface area contributed by atoms with Crippen LogP contribution in [0.5, 0.6) is 0 Å². The molecule has 7 heteroatoms. The van der Waals surface area contributed by atoms with E-state index in [1.165, 1.54) is 0 Å². The van der Waals surface area contributed by atoms with Gasteiger partial charge in [-0.05, 0) is 6.92 Å². The third-order valence-electron chi connectivity index (χ3n) is 0.822. The molecular formula is C4H9O6P. The molecule has 6 nitrogen and oxygen atoms in total. The minimum Gasteiger partial charge on any atom is -0.281 e. The molecule has 66 valence electrons. The first kappa shape index (κ1) is 9.12. The first-order valence-electron chi connectivity index (χ1n) is 3.14. The van der Waals surface area contributed by atoms with Gasteiger partial charge >= 0.3 is 7.82 Å². The molecule has 1 aliphatic heterocycles. The fourth-order valence-corrected chi connectivity index (χ4v) is 1.30. The first-order valence-corrected chi connectivity index (χ1v) is 4.60. The highest BCUT2D eigenvalue weighted by atomic mass is 31.2. The summed E-state index contributed by atoms with van der Waals surface area (Å²) in [7, 11) is -3.57. The lowest BCUT2D eigenvalue weighted by atomic mass is 10.8. The van der Waals surface area contributed by atoms with Crippen molar-refractivity contribution in [1.82, 2.24) is 0 Å². The predicted molar refractivity (Wildman–Crippen MR) is 33.3 cm³/mol. The zero-order valence-corrected chi connectivity index (χ0v) is 6.91. The van der Waals surface area contributed by atoms with Crippen LogP contribution in [0.1, 0.15) is 6.92 Å². The highest BCUT2D eigenvalue weighted by Gasteiger charge is 2.33. The summed E-state index contributed by atoms with van der Waals surface area (Å²) in [6, 6.07) is 0. The molecule has 0 aromatic heterocycles. The Bertz CT molecular complexity index is 149. The summed E-state index contributed by atoms with van der Waals surface area (Å²) in [6.45, 7) is 2.34. The molecular weight excluding hydrogens is 175 g/mol. The van der Waals surface area contributed by atoms with Crippen LogP contribution in [0.15, 0.2) is 0 Å². The van der Waals surface area contributed by atoms with Crippen molar-refractivity contribution in [3.05, 3.63) is 0 Å². The molecule has 0 saturated carbocycles. The molecule has 0 amide bonds. The normalized spacial score (nSPS) is 32.1. The van der Waals surface area contributed by atoms with Crippen LogP contribution in [0.3, 0.4) is 0 Å². The smallest absolute Gasteiger partial charge is 0.281 e. The van der Waals surface area contributed by atoms with E-state index in [0.29, 0.717) is 0 Å². The van der Waals surface area contributed by atoms with Crippen LogP contribution in [0.2, 0.25) is 0 Å². The molecule has 0 aromatic rings. The van der Waals surface area contributed by atoms with E-state index in [0.717, 1.165) is 0 Å². The zero-order valence-electron chi connectivity index (χ0n) is 6.02. The van der Waals surface area contributed by atoms with Crippen molar-refractivity contribution in [3.8, 4) is 0 Å². The van der Waals surface area contributed by atoms with E-state index in [9.17, 15) is 4.57 Å². The zero-order chi connectivity index (χ0) is 8.16. The predicted octanol–water partition coefficient (Wildman–Crippen LogP) is 1.04. The quantitative estimate of drug-likeness (QED) is 0.371. The van der Waals surface area contributed by atoms with Crippen molar-refractivity contribution >= 4 is 7.82 Å². The van der Waals surface area contributed by atoms with Crippen molar-refractivity contribution in [2.75, 3.05) is 19.8 Å². The molecule has 1 atom stereocenters. The van der Waals surface area contributed by atoms with Gasteiger partial charge in [0.2, 0.25) is 0 Å². The van der Waals surface area contributed by atoms with Gasteiger partial charge < -0.3 is 0 Å². The molecule has 0 aliphatic carbocycles. The fourth-order valence-electron chi connectivity index (χ4n) is 0.458. The Morgan fingerprint density at radius 3 is 2.91 bits per heavy atom. The lowest BCUT2D eigenvalue weighted by Crippen LogP contribution is -2.13. The number of hydrogen-bond acceptors (Lipinski definition) is 6. The Labute approximate surface area is 63.8 Å². The van der Waals surface area contributed by atoms with Crippen LogP contribution in [-0.4, -0.2) is 19.8 Å². The van der Waals surface area contributed by atoms with Crippen LogP contribution in [0.4, 0.5) is 0 Å². The molecule has 1 aliphatic rings. The van der Waals surface area contributed by atoms with E-state index in [4.69, 9.17) is 0 Å². The van der Waals surface area contributed by atoms with Crippen LogP contribution in [0.25, 0.3) is 0 Å². The van der Waals surface area contributed by atoms with Gasteiger partial charge in [-0.1, -0.05) is 0 Å². The van der Waals surface area contributed by atoms with Crippen molar-refractivity contribution in [2.24, 2.45) is 0 Å². The number of hydrogen-bond donors (Lipinski definition) is 0. The van der Waals surface area contributed by atoms with Crippen molar-refractivity contribution in [1.29, 1.82) is 0 Å². The van der Waals surface area contributed by atoms with E-state index in [-0.39, 0.29) is 19.8 Å². The summed E-state index contributed by atoms with van der Waals surface area (Å²) in [6.07, 6.45) is 0. The second-order valence-corrected chi connectivity index (χ2v) is 3.11. The lowest BCUT2D eigenvalue weighted by Gasteiger charge is -2.18. The van der Waals surface area contributed by atoms with Crippen LogP contribution in [-0.2, 0) is 28.2 Å². The first-order chi connectivity index (χ1) is 5.27. The largest absolute Gasteiger partial charge is 0.529 e. The molecule has 1 saturated heterocycles. The molecule has 11 heavy (non-hydrogen) atoms. The average molecular weight is 184 g/mol. The average Bonchev–Trinajstić information content (AvgIpc) is 2.03. The van der Waals surface area contributed by atoms with E-state index in [2.05, 4.69) is 23.6 Å². The Hall–Kier alpha value is 0.0300. The molecule has 0 N–H and O–H groups in total. The van der Waals surface area contributed by atoms with Crippen molar-refractivity contribution < 1.29 is 28.2 Å². The maximum absolute atomic E-state index is 11.1. The van der Waals surface area contributed by atoms with E-state index < -0.39 is 7.82 Å². The SMILES string of the molecule is CCOOP1(=O)OCCOO1. The molecule has 1 unspecified atom stereocenters. The maximum atomic E-state index is 11.1.